The van der Waals surface area contributed by atoms with Gasteiger partial charge in [-0.05, 0) is 31.7 Å². The van der Waals surface area contributed by atoms with Crippen LogP contribution < -0.4 is 0 Å². The molecular weight excluding hydrogens is 322 g/mol. The Morgan fingerprint density at radius 3 is 2.71 bits per heavy atom. The summed E-state index contributed by atoms with van der Waals surface area (Å²) in [6.07, 6.45) is 3.45. The summed E-state index contributed by atoms with van der Waals surface area (Å²) in [6.45, 7) is 4.14. The second-order valence-corrected chi connectivity index (χ2v) is 6.92. The molecule has 6 nitrogen and oxygen atoms in total. The second-order valence-electron chi connectivity index (χ2n) is 5.98. The fourth-order valence-corrected chi connectivity index (χ4v) is 3.54. The topological polar surface area (TPSA) is 69.6 Å². The van der Waals surface area contributed by atoms with E-state index in [0.717, 1.165) is 23.0 Å². The first-order chi connectivity index (χ1) is 11.7. The highest BCUT2D eigenvalue weighted by Gasteiger charge is 2.28. The van der Waals surface area contributed by atoms with Crippen molar-refractivity contribution in [3.8, 4) is 11.4 Å². The van der Waals surface area contributed by atoms with Crippen LogP contribution in [0.4, 0.5) is 0 Å². The van der Waals surface area contributed by atoms with E-state index >= 15 is 0 Å². The summed E-state index contributed by atoms with van der Waals surface area (Å²) >= 11 is 1.60. The minimum absolute atomic E-state index is 0.567. The molecule has 1 fully saturated rings. The molecule has 24 heavy (non-hydrogen) atoms. The zero-order valence-electron chi connectivity index (χ0n) is 13.8. The van der Waals surface area contributed by atoms with Crippen LogP contribution >= 0.6 is 11.8 Å². The Morgan fingerprint density at radius 2 is 2.00 bits per heavy atom. The van der Waals surface area contributed by atoms with Crippen LogP contribution in [-0.4, -0.2) is 24.9 Å². The molecule has 1 aliphatic carbocycles. The Hall–Kier alpha value is -2.15. The number of hydrogen-bond acceptors (Lipinski definition) is 6. The minimum atomic E-state index is 0.567. The summed E-state index contributed by atoms with van der Waals surface area (Å²) in [7, 11) is 0. The van der Waals surface area contributed by atoms with Gasteiger partial charge in [0.05, 0.1) is 5.75 Å². The van der Waals surface area contributed by atoms with E-state index in [4.69, 9.17) is 4.52 Å². The van der Waals surface area contributed by atoms with Crippen molar-refractivity contribution >= 4 is 11.8 Å². The monoisotopic (exact) mass is 341 g/mol. The van der Waals surface area contributed by atoms with Gasteiger partial charge in [-0.15, -0.1) is 10.2 Å². The molecule has 0 aliphatic heterocycles. The van der Waals surface area contributed by atoms with Crippen molar-refractivity contribution in [2.24, 2.45) is 0 Å². The number of benzene rings is 1. The molecule has 0 spiro atoms. The third kappa shape index (κ3) is 3.08. The maximum absolute atomic E-state index is 5.38. The lowest BCUT2D eigenvalue weighted by molar-refractivity contribution is 0.391. The number of aryl methyl sites for hydroxylation is 2. The molecule has 0 unspecified atom stereocenters. The zero-order chi connectivity index (χ0) is 16.5. The van der Waals surface area contributed by atoms with Crippen LogP contribution in [0, 0.1) is 6.92 Å². The molecule has 2 aromatic heterocycles. The van der Waals surface area contributed by atoms with Crippen LogP contribution in [0.3, 0.4) is 0 Å². The Bertz CT molecular complexity index is 835. The molecule has 1 saturated carbocycles. The molecule has 124 valence electrons. The van der Waals surface area contributed by atoms with Gasteiger partial charge < -0.3 is 9.09 Å². The highest BCUT2D eigenvalue weighted by atomic mass is 32.2. The van der Waals surface area contributed by atoms with Crippen molar-refractivity contribution in [3.63, 3.8) is 0 Å². The van der Waals surface area contributed by atoms with Crippen LogP contribution in [0.25, 0.3) is 11.4 Å². The zero-order valence-corrected chi connectivity index (χ0v) is 14.6. The molecule has 7 heteroatoms. The quantitative estimate of drug-likeness (QED) is 0.635. The second kappa shape index (κ2) is 6.39. The van der Waals surface area contributed by atoms with Gasteiger partial charge in [-0.25, -0.2) is 0 Å². The van der Waals surface area contributed by atoms with E-state index in [0.29, 0.717) is 23.5 Å². The van der Waals surface area contributed by atoms with Crippen LogP contribution in [0.1, 0.15) is 43.1 Å². The van der Waals surface area contributed by atoms with Crippen molar-refractivity contribution in [2.75, 3.05) is 0 Å². The Kier molecular flexibility index (Phi) is 4.10. The maximum Gasteiger partial charge on any atom is 0.237 e. The van der Waals surface area contributed by atoms with Crippen LogP contribution in [0.15, 0.2) is 33.9 Å². The van der Waals surface area contributed by atoms with Gasteiger partial charge in [0.25, 0.3) is 0 Å². The fourth-order valence-electron chi connectivity index (χ4n) is 2.65. The van der Waals surface area contributed by atoms with E-state index in [1.165, 1.54) is 18.4 Å². The molecule has 1 aliphatic rings. The average Bonchev–Trinajstić information content (AvgIpc) is 3.21. The van der Waals surface area contributed by atoms with Gasteiger partial charge in [-0.2, -0.15) is 4.98 Å². The number of thioether (sulfide) groups is 1. The predicted molar refractivity (Wildman–Crippen MR) is 91.7 cm³/mol. The largest absolute Gasteiger partial charge is 0.338 e. The summed E-state index contributed by atoms with van der Waals surface area (Å²) in [5, 5.41) is 13.5. The molecular formula is C17H19N5OS. The van der Waals surface area contributed by atoms with Crippen molar-refractivity contribution in [1.82, 2.24) is 24.9 Å². The normalized spacial score (nSPS) is 14.2. The van der Waals surface area contributed by atoms with Crippen LogP contribution in [0.5, 0.6) is 0 Å². The standard InChI is InChI=1S/C17H19N5OS/c1-3-12-4-6-13(7-5-12)16-18-15(23-21-16)10-24-17-20-19-11(2)22(17)14-8-9-14/h4-7,14H,3,8-10H2,1-2H3. The molecule has 2 heterocycles. The first-order valence-electron chi connectivity index (χ1n) is 8.21. The molecule has 3 aromatic rings. The molecule has 0 radical (unpaired) electrons. The summed E-state index contributed by atoms with van der Waals surface area (Å²) < 4.78 is 7.59. The average molecular weight is 341 g/mol. The van der Waals surface area contributed by atoms with E-state index in [2.05, 4.69) is 44.0 Å². The fraction of sp³-hybridized carbons (Fsp3) is 0.412. The molecule has 0 atom stereocenters. The van der Waals surface area contributed by atoms with Gasteiger partial charge in [0.15, 0.2) is 5.16 Å². The van der Waals surface area contributed by atoms with Gasteiger partial charge in [0.2, 0.25) is 11.7 Å². The molecule has 0 saturated heterocycles. The minimum Gasteiger partial charge on any atom is -0.338 e. The van der Waals surface area contributed by atoms with Gasteiger partial charge in [0, 0.05) is 11.6 Å². The number of nitrogens with zero attached hydrogens (tertiary/aromatic N) is 5. The highest BCUT2D eigenvalue weighted by Crippen LogP contribution is 2.39. The lowest BCUT2D eigenvalue weighted by atomic mass is 10.1. The summed E-state index contributed by atoms with van der Waals surface area (Å²) in [6, 6.07) is 8.83. The van der Waals surface area contributed by atoms with Crippen molar-refractivity contribution < 1.29 is 4.52 Å². The maximum atomic E-state index is 5.38. The molecule has 0 N–H and O–H groups in total. The van der Waals surface area contributed by atoms with Gasteiger partial charge in [-0.1, -0.05) is 48.1 Å². The number of rotatable bonds is 6. The number of aromatic nitrogens is 5. The molecule has 0 bridgehead atoms. The SMILES string of the molecule is CCc1ccc(-c2noc(CSc3nnc(C)n3C3CC3)n2)cc1. The van der Waals surface area contributed by atoms with E-state index < -0.39 is 0 Å². The molecule has 4 rings (SSSR count). The van der Waals surface area contributed by atoms with Gasteiger partial charge in [0.1, 0.15) is 5.82 Å². The Labute approximate surface area is 144 Å². The molecule has 1 aromatic carbocycles. The van der Waals surface area contributed by atoms with Crippen LogP contribution in [0.2, 0.25) is 0 Å². The summed E-state index contributed by atoms with van der Waals surface area (Å²) in [5.74, 6) is 2.82. The van der Waals surface area contributed by atoms with Crippen molar-refractivity contribution in [2.45, 2.75) is 50.1 Å². The van der Waals surface area contributed by atoms with Gasteiger partial charge >= 0.3 is 0 Å². The third-order valence-corrected chi connectivity index (χ3v) is 5.09. The van der Waals surface area contributed by atoms with E-state index in [9.17, 15) is 0 Å². The van der Waals surface area contributed by atoms with Crippen molar-refractivity contribution in [1.29, 1.82) is 0 Å². The van der Waals surface area contributed by atoms with Crippen molar-refractivity contribution in [3.05, 3.63) is 41.5 Å². The first kappa shape index (κ1) is 15.4. The van der Waals surface area contributed by atoms with E-state index in [1.807, 2.05) is 19.1 Å². The highest BCUT2D eigenvalue weighted by molar-refractivity contribution is 7.98. The smallest absolute Gasteiger partial charge is 0.237 e. The van der Waals surface area contributed by atoms with E-state index in [1.54, 1.807) is 11.8 Å². The van der Waals surface area contributed by atoms with E-state index in [-0.39, 0.29) is 0 Å². The Balaban J connectivity index is 1.45. The predicted octanol–water partition coefficient (Wildman–Crippen LogP) is 3.83. The first-order valence-corrected chi connectivity index (χ1v) is 9.19. The summed E-state index contributed by atoms with van der Waals surface area (Å²) in [5.41, 5.74) is 2.27. The lowest BCUT2D eigenvalue weighted by Gasteiger charge is -2.04. The lowest BCUT2D eigenvalue weighted by Crippen LogP contribution is -1.99. The Morgan fingerprint density at radius 1 is 1.21 bits per heavy atom. The summed E-state index contributed by atoms with van der Waals surface area (Å²) in [4.78, 5) is 4.49. The molecule has 0 amide bonds. The van der Waals surface area contributed by atoms with Gasteiger partial charge in [-0.3, -0.25) is 0 Å². The third-order valence-electron chi connectivity index (χ3n) is 4.16. The van der Waals surface area contributed by atoms with Crippen LogP contribution in [-0.2, 0) is 12.2 Å². The number of hydrogen-bond donors (Lipinski definition) is 0.